The fraction of sp³-hybridized carbons (Fsp3) is 0. The second kappa shape index (κ2) is 12.8. The Kier molecular flexibility index (Phi) is 7.04. The number of fused-ring (bicyclic) bond motifs is 10. The van der Waals surface area contributed by atoms with Gasteiger partial charge in [-0.1, -0.05) is 146 Å². The summed E-state index contributed by atoms with van der Waals surface area (Å²) in [6.07, 6.45) is 0. The van der Waals surface area contributed by atoms with Crippen LogP contribution in [-0.4, -0.2) is 6.71 Å². The highest BCUT2D eigenvalue weighted by molar-refractivity contribution is 6.98. The van der Waals surface area contributed by atoms with Crippen LogP contribution in [0.15, 0.2) is 203 Å². The van der Waals surface area contributed by atoms with Gasteiger partial charge in [0.25, 0.3) is 6.71 Å². The van der Waals surface area contributed by atoms with Gasteiger partial charge in [0.1, 0.15) is 45.3 Å². The minimum atomic E-state index is -0.192. The van der Waals surface area contributed by atoms with E-state index in [0.29, 0.717) is 0 Å². The molecule has 0 aliphatic carbocycles. The first-order valence-corrected chi connectivity index (χ1v) is 20.3. The molecule has 0 unspecified atom stereocenters. The molecule has 0 amide bonds. The van der Waals surface area contributed by atoms with Crippen LogP contribution < -0.4 is 30.8 Å². The van der Waals surface area contributed by atoms with Crippen molar-refractivity contribution < 1.29 is 18.3 Å². The van der Waals surface area contributed by atoms with Gasteiger partial charge in [-0.3, -0.25) is 0 Å². The molecule has 0 radical (unpaired) electrons. The molecule has 0 fully saturated rings. The molecule has 0 N–H and O–H groups in total. The third kappa shape index (κ3) is 4.82. The normalized spacial score (nSPS) is 12.6. The highest BCUT2D eigenvalue weighted by atomic mass is 16.5. The van der Waals surface area contributed by atoms with E-state index >= 15 is 0 Å². The van der Waals surface area contributed by atoms with Gasteiger partial charge < -0.3 is 23.2 Å². The molecular formula is C54H32BNO4. The van der Waals surface area contributed by atoms with Crippen molar-refractivity contribution >= 4 is 84.0 Å². The maximum absolute atomic E-state index is 7.25. The molecule has 13 rings (SSSR count). The summed E-state index contributed by atoms with van der Waals surface area (Å²) in [5.74, 6) is 3.09. The van der Waals surface area contributed by atoms with E-state index in [4.69, 9.17) is 18.3 Å². The second-order valence-corrected chi connectivity index (χ2v) is 15.5. The summed E-state index contributed by atoms with van der Waals surface area (Å²) in [6, 6.07) is 67.4. The highest BCUT2D eigenvalue weighted by Gasteiger charge is 2.43. The lowest BCUT2D eigenvalue weighted by Gasteiger charge is -2.36. The van der Waals surface area contributed by atoms with Crippen LogP contribution in [-0.2, 0) is 0 Å². The average molecular weight is 770 g/mol. The van der Waals surface area contributed by atoms with Crippen molar-refractivity contribution in [2.45, 2.75) is 0 Å². The molecule has 9 aromatic carbocycles. The molecule has 5 nitrogen and oxygen atoms in total. The van der Waals surface area contributed by atoms with Crippen molar-refractivity contribution in [1.29, 1.82) is 0 Å². The van der Waals surface area contributed by atoms with E-state index in [1.54, 1.807) is 0 Å². The Morgan fingerprint density at radius 3 is 1.27 bits per heavy atom. The molecule has 0 saturated carbocycles. The Hall–Kier alpha value is -7.96. The molecule has 60 heavy (non-hydrogen) atoms. The van der Waals surface area contributed by atoms with Crippen molar-refractivity contribution in [3.05, 3.63) is 194 Å². The average Bonchev–Trinajstić information content (AvgIpc) is 3.88. The minimum absolute atomic E-state index is 0.192. The second-order valence-electron chi connectivity index (χ2n) is 15.5. The predicted molar refractivity (Wildman–Crippen MR) is 244 cm³/mol. The first-order valence-electron chi connectivity index (χ1n) is 20.3. The lowest BCUT2D eigenvalue weighted by atomic mass is 9.34. The molecule has 11 aromatic rings. The molecular weight excluding hydrogens is 737 g/mol. The van der Waals surface area contributed by atoms with E-state index in [2.05, 4.69) is 163 Å². The van der Waals surface area contributed by atoms with Gasteiger partial charge in [-0.05, 0) is 47.3 Å². The lowest BCUT2D eigenvalue weighted by molar-refractivity contribution is 0.466. The van der Waals surface area contributed by atoms with E-state index in [1.807, 2.05) is 36.4 Å². The van der Waals surface area contributed by atoms with E-state index in [-0.39, 0.29) is 6.71 Å². The number of anilines is 3. The summed E-state index contributed by atoms with van der Waals surface area (Å²) >= 11 is 0. The number of furan rings is 2. The zero-order chi connectivity index (χ0) is 39.3. The maximum atomic E-state index is 7.25. The number of hydrogen-bond donors (Lipinski definition) is 0. The van der Waals surface area contributed by atoms with Crippen molar-refractivity contribution in [2.75, 3.05) is 4.90 Å². The monoisotopic (exact) mass is 769 g/mol. The van der Waals surface area contributed by atoms with Crippen LogP contribution in [0.5, 0.6) is 23.0 Å². The number of ether oxygens (including phenoxy) is 2. The predicted octanol–water partition coefficient (Wildman–Crippen LogP) is 13.0. The maximum Gasteiger partial charge on any atom is 0.260 e. The molecule has 2 aliphatic rings. The topological polar surface area (TPSA) is 48.0 Å². The minimum Gasteiger partial charge on any atom is -0.458 e. The van der Waals surface area contributed by atoms with Crippen molar-refractivity contribution in [3.8, 4) is 45.3 Å². The third-order valence-electron chi connectivity index (χ3n) is 12.2. The number of benzene rings is 9. The fourth-order valence-corrected chi connectivity index (χ4v) is 9.60. The summed E-state index contributed by atoms with van der Waals surface area (Å²) in [6.45, 7) is -0.192. The molecule has 2 aliphatic heterocycles. The van der Waals surface area contributed by atoms with E-state index < -0.39 is 0 Å². The first-order chi connectivity index (χ1) is 29.8. The van der Waals surface area contributed by atoms with Gasteiger partial charge in [-0.2, -0.15) is 0 Å². The van der Waals surface area contributed by atoms with Crippen LogP contribution in [0.25, 0.3) is 66.1 Å². The Morgan fingerprint density at radius 2 is 0.767 bits per heavy atom. The first kappa shape index (κ1) is 33.1. The fourth-order valence-electron chi connectivity index (χ4n) is 9.60. The number of rotatable bonds is 5. The van der Waals surface area contributed by atoms with Crippen LogP contribution >= 0.6 is 0 Å². The third-order valence-corrected chi connectivity index (χ3v) is 12.2. The van der Waals surface area contributed by atoms with Crippen LogP contribution in [0.2, 0.25) is 0 Å². The molecule has 280 valence electrons. The van der Waals surface area contributed by atoms with Crippen LogP contribution in [0, 0.1) is 0 Å². The number of nitrogens with zero attached hydrogens (tertiary/aromatic N) is 1. The van der Waals surface area contributed by atoms with E-state index in [0.717, 1.165) is 123 Å². The van der Waals surface area contributed by atoms with Crippen LogP contribution in [0.1, 0.15) is 0 Å². The highest BCUT2D eigenvalue weighted by Crippen LogP contribution is 2.48. The van der Waals surface area contributed by atoms with Crippen LogP contribution in [0.3, 0.4) is 0 Å². The summed E-state index contributed by atoms with van der Waals surface area (Å²) < 4.78 is 27.7. The van der Waals surface area contributed by atoms with Gasteiger partial charge in [0.15, 0.2) is 0 Å². The van der Waals surface area contributed by atoms with Crippen LogP contribution in [0.4, 0.5) is 17.1 Å². The Labute approximate surface area is 345 Å². The Balaban J connectivity index is 1.08. The lowest BCUT2D eigenvalue weighted by Crippen LogP contribution is -2.57. The molecule has 6 heteroatoms. The molecule has 2 aromatic heterocycles. The van der Waals surface area contributed by atoms with Gasteiger partial charge in [-0.15, -0.1) is 0 Å². The summed E-state index contributed by atoms with van der Waals surface area (Å²) in [5, 5.41) is 4.33. The summed E-state index contributed by atoms with van der Waals surface area (Å²) in [4.78, 5) is 2.26. The van der Waals surface area contributed by atoms with Crippen molar-refractivity contribution in [3.63, 3.8) is 0 Å². The van der Waals surface area contributed by atoms with Gasteiger partial charge in [0.2, 0.25) is 0 Å². The largest absolute Gasteiger partial charge is 0.458 e. The van der Waals surface area contributed by atoms with Gasteiger partial charge in [-0.25, -0.2) is 0 Å². The van der Waals surface area contributed by atoms with Crippen molar-refractivity contribution in [2.24, 2.45) is 0 Å². The zero-order valence-electron chi connectivity index (χ0n) is 32.1. The number of para-hydroxylation sites is 8. The Bertz CT molecular complexity index is 3290. The molecule has 0 saturated heterocycles. The SMILES string of the molecule is c1ccc(N(c2ccccc2)c2cc3c4c(c2)Oc2c(cccc2-c2cccc5c2oc2ccccc25)B4c2cccc(-c4cccc5c4oc4ccccc45)c2O3)cc1. The van der Waals surface area contributed by atoms with E-state index in [1.165, 1.54) is 0 Å². The molecule has 0 bridgehead atoms. The smallest absolute Gasteiger partial charge is 0.260 e. The quantitative estimate of drug-likeness (QED) is 0.163. The molecule has 4 heterocycles. The standard InChI is InChI=1S/C54H32BNO4/c1-3-15-33(16-4-1)56(34-17-5-2-6-18-34)35-31-48-50-49(32-35)60-54-43(41-24-12-22-39-37-20-8-10-30-47(37)58-52(39)41)26-14-28-45(54)55(50)44-27-13-25-42(53(44)59-48)40-23-11-21-38-36-19-7-9-29-46(36)57-51(38)40/h1-32H. The zero-order valence-corrected chi connectivity index (χ0v) is 32.1. The van der Waals surface area contributed by atoms with Gasteiger partial charge in [0, 0.05) is 72.8 Å². The Morgan fingerprint density at radius 1 is 0.350 bits per heavy atom. The van der Waals surface area contributed by atoms with Gasteiger partial charge >= 0.3 is 0 Å². The summed E-state index contributed by atoms with van der Waals surface area (Å²) in [5.41, 5.74) is 13.4. The summed E-state index contributed by atoms with van der Waals surface area (Å²) in [7, 11) is 0. The molecule has 0 atom stereocenters. The van der Waals surface area contributed by atoms with Gasteiger partial charge in [0.05, 0.1) is 5.69 Å². The van der Waals surface area contributed by atoms with Crippen molar-refractivity contribution in [1.82, 2.24) is 0 Å². The molecule has 0 spiro atoms. The number of hydrogen-bond acceptors (Lipinski definition) is 5. The van der Waals surface area contributed by atoms with E-state index in [9.17, 15) is 0 Å².